The standard InChI is InChI=1S/C20H22Cl2N4O2/c1-20(10-28-11-20)6-2-5-15-17(22)16-13(21)8-14(18(23)27)25-19(16)26(15)12-4-3-7-24-9-12/h8,12,24H,3-4,6-7,9-11H2,1H3,(H2,23,27)/t12-/m0/s1. The minimum absolute atomic E-state index is 0.0950. The second-order valence-corrected chi connectivity index (χ2v) is 8.65. The van der Waals surface area contributed by atoms with E-state index in [1.54, 1.807) is 0 Å². The van der Waals surface area contributed by atoms with Crippen molar-refractivity contribution in [1.29, 1.82) is 0 Å². The highest BCUT2D eigenvalue weighted by Crippen LogP contribution is 2.38. The molecule has 1 atom stereocenters. The van der Waals surface area contributed by atoms with Crippen LogP contribution < -0.4 is 11.1 Å². The maximum absolute atomic E-state index is 11.7. The van der Waals surface area contributed by atoms with Crippen molar-refractivity contribution in [2.45, 2.75) is 32.2 Å². The molecule has 6 nitrogen and oxygen atoms in total. The van der Waals surface area contributed by atoms with Crippen LogP contribution in [0.15, 0.2) is 6.07 Å². The maximum Gasteiger partial charge on any atom is 0.267 e. The smallest absolute Gasteiger partial charge is 0.267 e. The van der Waals surface area contributed by atoms with Crippen LogP contribution in [0.4, 0.5) is 0 Å². The molecule has 148 valence electrons. The van der Waals surface area contributed by atoms with Crippen molar-refractivity contribution in [2.24, 2.45) is 11.1 Å². The van der Waals surface area contributed by atoms with Gasteiger partial charge in [0.25, 0.3) is 5.91 Å². The third kappa shape index (κ3) is 3.48. The molecule has 3 N–H and O–H groups in total. The molecule has 4 rings (SSSR count). The van der Waals surface area contributed by atoms with E-state index in [1.165, 1.54) is 6.07 Å². The Labute approximate surface area is 173 Å². The van der Waals surface area contributed by atoms with Gasteiger partial charge in [0.2, 0.25) is 0 Å². The molecule has 0 unspecified atom stereocenters. The quantitative estimate of drug-likeness (QED) is 0.747. The lowest BCUT2D eigenvalue weighted by molar-refractivity contribution is -0.0977. The Morgan fingerprint density at radius 2 is 2.29 bits per heavy atom. The number of ether oxygens (including phenoxy) is 1. The van der Waals surface area contributed by atoms with Crippen LogP contribution >= 0.6 is 23.2 Å². The fraction of sp³-hybridized carbons (Fsp3) is 0.500. The third-order valence-corrected chi connectivity index (χ3v) is 6.03. The number of hydrogen-bond acceptors (Lipinski definition) is 4. The number of halogens is 2. The SMILES string of the molecule is CC1(CC#Cc2c(Cl)c3c(Cl)cc(C(N)=O)nc3n2[C@H]2CCCNC2)COC1. The van der Waals surface area contributed by atoms with E-state index in [4.69, 9.17) is 33.7 Å². The first-order valence-corrected chi connectivity index (χ1v) is 10.1. The van der Waals surface area contributed by atoms with Gasteiger partial charge in [0, 0.05) is 24.4 Å². The van der Waals surface area contributed by atoms with Gasteiger partial charge in [-0.05, 0) is 31.4 Å². The number of fused-ring (bicyclic) bond motifs is 1. The molecule has 0 radical (unpaired) electrons. The number of nitrogens with one attached hydrogen (secondary N) is 1. The normalized spacial score (nSPS) is 21.0. The summed E-state index contributed by atoms with van der Waals surface area (Å²) in [5.41, 5.74) is 6.90. The van der Waals surface area contributed by atoms with Gasteiger partial charge in [-0.1, -0.05) is 36.0 Å². The van der Waals surface area contributed by atoms with Gasteiger partial charge < -0.3 is 20.4 Å². The number of rotatable bonds is 3. The van der Waals surface area contributed by atoms with Crippen LogP contribution in [0.1, 0.15) is 48.4 Å². The highest BCUT2D eigenvalue weighted by molar-refractivity contribution is 6.43. The van der Waals surface area contributed by atoms with Crippen molar-refractivity contribution >= 4 is 40.1 Å². The molecule has 0 aromatic carbocycles. The van der Waals surface area contributed by atoms with Crippen molar-refractivity contribution in [2.75, 3.05) is 26.3 Å². The van der Waals surface area contributed by atoms with Crippen LogP contribution in [0.3, 0.4) is 0 Å². The lowest BCUT2D eigenvalue weighted by Crippen LogP contribution is -2.39. The summed E-state index contributed by atoms with van der Waals surface area (Å²) < 4.78 is 7.33. The second kappa shape index (κ2) is 7.57. The zero-order chi connectivity index (χ0) is 19.9. The summed E-state index contributed by atoms with van der Waals surface area (Å²) in [6, 6.07) is 1.59. The Hall–Kier alpha value is -1.78. The first-order chi connectivity index (χ1) is 13.4. The molecule has 0 saturated carbocycles. The third-order valence-electron chi connectivity index (χ3n) is 5.36. The molecule has 2 aliphatic rings. The summed E-state index contributed by atoms with van der Waals surface area (Å²) in [4.78, 5) is 16.2. The molecule has 0 spiro atoms. The van der Waals surface area contributed by atoms with E-state index in [0.717, 1.165) is 45.6 Å². The monoisotopic (exact) mass is 420 g/mol. The number of nitrogens with zero attached hydrogens (tertiary/aromatic N) is 2. The highest BCUT2D eigenvalue weighted by atomic mass is 35.5. The topological polar surface area (TPSA) is 82.2 Å². The number of hydrogen-bond donors (Lipinski definition) is 2. The largest absolute Gasteiger partial charge is 0.380 e. The van der Waals surface area contributed by atoms with Gasteiger partial charge in [0.15, 0.2) is 0 Å². The fourth-order valence-electron chi connectivity index (χ4n) is 3.75. The number of piperidine rings is 1. The molecular weight excluding hydrogens is 399 g/mol. The molecule has 1 amide bonds. The Morgan fingerprint density at radius 1 is 1.50 bits per heavy atom. The van der Waals surface area contributed by atoms with Crippen molar-refractivity contribution in [1.82, 2.24) is 14.9 Å². The molecule has 4 heterocycles. The zero-order valence-electron chi connectivity index (χ0n) is 15.6. The summed E-state index contributed by atoms with van der Waals surface area (Å²) in [6.07, 6.45) is 2.72. The minimum atomic E-state index is -0.625. The van der Waals surface area contributed by atoms with E-state index in [9.17, 15) is 4.79 Å². The van der Waals surface area contributed by atoms with E-state index >= 15 is 0 Å². The molecule has 2 saturated heterocycles. The predicted octanol–water partition coefficient (Wildman–Crippen LogP) is 3.14. The molecule has 2 aromatic heterocycles. The van der Waals surface area contributed by atoms with Gasteiger partial charge in [0.1, 0.15) is 17.0 Å². The first-order valence-electron chi connectivity index (χ1n) is 9.37. The summed E-state index contributed by atoms with van der Waals surface area (Å²) >= 11 is 13.2. The Morgan fingerprint density at radius 3 is 2.89 bits per heavy atom. The van der Waals surface area contributed by atoms with Gasteiger partial charge >= 0.3 is 0 Å². The number of primary amides is 1. The fourth-order valence-corrected chi connectivity index (χ4v) is 4.41. The van der Waals surface area contributed by atoms with E-state index in [-0.39, 0.29) is 17.2 Å². The summed E-state index contributed by atoms with van der Waals surface area (Å²) in [5, 5.41) is 4.84. The van der Waals surface area contributed by atoms with E-state index in [0.29, 0.717) is 26.8 Å². The van der Waals surface area contributed by atoms with Gasteiger partial charge in [0.05, 0.1) is 28.6 Å². The minimum Gasteiger partial charge on any atom is -0.380 e. The molecule has 2 aromatic rings. The average molecular weight is 421 g/mol. The highest BCUT2D eigenvalue weighted by Gasteiger charge is 2.32. The van der Waals surface area contributed by atoms with E-state index in [2.05, 4.69) is 29.1 Å². The lowest BCUT2D eigenvalue weighted by Gasteiger charge is -2.36. The Bertz CT molecular complexity index is 995. The van der Waals surface area contributed by atoms with Crippen LogP contribution in [-0.4, -0.2) is 41.8 Å². The zero-order valence-corrected chi connectivity index (χ0v) is 17.2. The Kier molecular flexibility index (Phi) is 5.28. The number of amides is 1. The van der Waals surface area contributed by atoms with Crippen molar-refractivity contribution in [3.05, 3.63) is 27.5 Å². The molecule has 0 bridgehead atoms. The summed E-state index contributed by atoms with van der Waals surface area (Å²) in [6.45, 7) is 5.36. The predicted molar refractivity (Wildman–Crippen MR) is 110 cm³/mol. The molecule has 28 heavy (non-hydrogen) atoms. The summed E-state index contributed by atoms with van der Waals surface area (Å²) in [5.74, 6) is 5.89. The van der Waals surface area contributed by atoms with Crippen LogP contribution in [0, 0.1) is 17.3 Å². The van der Waals surface area contributed by atoms with Crippen LogP contribution in [0.25, 0.3) is 11.0 Å². The van der Waals surface area contributed by atoms with E-state index < -0.39 is 5.91 Å². The lowest BCUT2D eigenvalue weighted by atomic mass is 9.85. The first kappa shape index (κ1) is 19.5. The van der Waals surface area contributed by atoms with E-state index in [1.807, 2.05) is 4.57 Å². The number of carbonyl (C=O) groups excluding carboxylic acids is 1. The van der Waals surface area contributed by atoms with Gasteiger partial charge in [-0.25, -0.2) is 4.98 Å². The molecule has 8 heteroatoms. The van der Waals surface area contributed by atoms with Crippen LogP contribution in [0.5, 0.6) is 0 Å². The molecule has 0 aliphatic carbocycles. The van der Waals surface area contributed by atoms with Gasteiger partial charge in [-0.2, -0.15) is 0 Å². The maximum atomic E-state index is 11.7. The number of nitrogens with two attached hydrogens (primary N) is 1. The number of pyridine rings is 1. The molecule has 2 fully saturated rings. The van der Waals surface area contributed by atoms with Crippen molar-refractivity contribution < 1.29 is 9.53 Å². The summed E-state index contributed by atoms with van der Waals surface area (Å²) in [7, 11) is 0. The average Bonchev–Trinajstić information content (AvgIpc) is 2.93. The second-order valence-electron chi connectivity index (χ2n) is 7.87. The molecular formula is C20H22Cl2N4O2. The van der Waals surface area contributed by atoms with Crippen LogP contribution in [-0.2, 0) is 4.74 Å². The number of carbonyl (C=O) groups is 1. The van der Waals surface area contributed by atoms with Gasteiger partial charge in [-0.15, -0.1) is 0 Å². The van der Waals surface area contributed by atoms with Gasteiger partial charge in [-0.3, -0.25) is 4.79 Å². The number of aromatic nitrogens is 2. The molecule has 2 aliphatic heterocycles. The Balaban J connectivity index is 1.86. The van der Waals surface area contributed by atoms with Crippen molar-refractivity contribution in [3.63, 3.8) is 0 Å². The van der Waals surface area contributed by atoms with Crippen molar-refractivity contribution in [3.8, 4) is 11.8 Å². The van der Waals surface area contributed by atoms with Crippen LogP contribution in [0.2, 0.25) is 10.0 Å².